The fourth-order valence-corrected chi connectivity index (χ4v) is 6.67. The number of nitrogens with zero attached hydrogens (tertiary/aromatic N) is 2. The zero-order valence-electron chi connectivity index (χ0n) is 26.3. The van der Waals surface area contributed by atoms with Crippen LogP contribution in [-0.2, 0) is 32.6 Å². The van der Waals surface area contributed by atoms with Gasteiger partial charge in [-0.1, -0.05) is 73.7 Å². The van der Waals surface area contributed by atoms with E-state index in [1.54, 1.807) is 42.5 Å². The molecule has 1 N–H and O–H groups in total. The summed E-state index contributed by atoms with van der Waals surface area (Å²) in [6.07, 6.45) is 0.775. The van der Waals surface area contributed by atoms with Crippen LogP contribution in [0.25, 0.3) is 0 Å². The molecule has 4 aromatic carbocycles. The summed E-state index contributed by atoms with van der Waals surface area (Å²) < 4.78 is 55.8. The number of hydrogen-bond acceptors (Lipinski definition) is 6. The van der Waals surface area contributed by atoms with Crippen LogP contribution in [0.2, 0.25) is 0 Å². The fourth-order valence-electron chi connectivity index (χ4n) is 5.24. The molecule has 0 aliphatic carbocycles. The molecule has 4 aromatic rings. The molecule has 47 heavy (non-hydrogen) atoms. The minimum Gasteiger partial charge on any atom is -0.486 e. The number of rotatable bonds is 13. The molecule has 246 valence electrons. The van der Waals surface area contributed by atoms with E-state index in [0.29, 0.717) is 24.5 Å². The van der Waals surface area contributed by atoms with E-state index in [0.717, 1.165) is 9.87 Å². The molecule has 2 unspecified atom stereocenters. The topological polar surface area (TPSA) is 105 Å². The van der Waals surface area contributed by atoms with Crippen molar-refractivity contribution in [2.24, 2.45) is 0 Å². The molecular weight excluding hydrogens is 621 g/mol. The van der Waals surface area contributed by atoms with Crippen molar-refractivity contribution in [3.8, 4) is 11.5 Å². The number of carbonyl (C=O) groups excluding carboxylic acids is 2. The summed E-state index contributed by atoms with van der Waals surface area (Å²) >= 11 is 0. The Morgan fingerprint density at radius 3 is 2.19 bits per heavy atom. The fraction of sp³-hybridized carbons (Fsp3) is 0.278. The van der Waals surface area contributed by atoms with Gasteiger partial charge in [0.1, 0.15) is 31.6 Å². The van der Waals surface area contributed by atoms with Crippen molar-refractivity contribution in [3.63, 3.8) is 0 Å². The van der Waals surface area contributed by atoms with E-state index >= 15 is 4.39 Å². The van der Waals surface area contributed by atoms with Crippen molar-refractivity contribution in [1.82, 2.24) is 10.2 Å². The van der Waals surface area contributed by atoms with Crippen molar-refractivity contribution < 1.29 is 31.9 Å². The molecule has 0 aromatic heterocycles. The summed E-state index contributed by atoms with van der Waals surface area (Å²) in [7, 11) is -4.30. The minimum atomic E-state index is -4.30. The lowest BCUT2D eigenvalue weighted by atomic mass is 10.0. The van der Waals surface area contributed by atoms with Gasteiger partial charge in [-0.05, 0) is 49.2 Å². The van der Waals surface area contributed by atoms with Crippen molar-refractivity contribution in [3.05, 3.63) is 120 Å². The molecule has 2 amide bonds. The van der Waals surface area contributed by atoms with Gasteiger partial charge in [0.2, 0.25) is 11.8 Å². The number of benzene rings is 4. The Kier molecular flexibility index (Phi) is 10.8. The standard InChI is InChI=1S/C36H38FN3O6S/c1-3-26(2)38-36(42)32(22-27-12-6-4-7-13-27)39(24-28-14-10-11-17-31(28)37)35(41)25-40(47(43,44)30-15-8-5-9-16-30)29-18-19-33-34(23-29)46-21-20-45-33/h4-19,23,26,32H,3,20-22,24-25H2,1-2H3,(H,38,42). The molecule has 0 radical (unpaired) electrons. The summed E-state index contributed by atoms with van der Waals surface area (Å²) in [5, 5.41) is 2.97. The van der Waals surface area contributed by atoms with Gasteiger partial charge in [-0.2, -0.15) is 0 Å². The van der Waals surface area contributed by atoms with Gasteiger partial charge in [0, 0.05) is 30.6 Å². The molecule has 9 nitrogen and oxygen atoms in total. The lowest BCUT2D eigenvalue weighted by Crippen LogP contribution is -2.54. The molecule has 2 atom stereocenters. The van der Waals surface area contributed by atoms with Crippen molar-refractivity contribution in [1.29, 1.82) is 0 Å². The molecule has 11 heteroatoms. The highest BCUT2D eigenvalue weighted by molar-refractivity contribution is 7.92. The quantitative estimate of drug-likeness (QED) is 0.208. The van der Waals surface area contributed by atoms with E-state index < -0.39 is 40.2 Å². The Balaban J connectivity index is 1.59. The third-order valence-corrected chi connectivity index (χ3v) is 9.78. The van der Waals surface area contributed by atoms with Crippen LogP contribution in [0, 0.1) is 5.82 Å². The zero-order valence-corrected chi connectivity index (χ0v) is 27.2. The number of fused-ring (bicyclic) bond motifs is 1. The number of anilines is 1. The SMILES string of the molecule is CCC(C)NC(=O)C(Cc1ccccc1)N(Cc1ccccc1F)C(=O)CN(c1ccc2c(c1)OCCO2)S(=O)(=O)c1ccccc1. The van der Waals surface area contributed by atoms with Gasteiger partial charge in [-0.15, -0.1) is 0 Å². The highest BCUT2D eigenvalue weighted by Crippen LogP contribution is 2.36. The van der Waals surface area contributed by atoms with E-state index in [-0.39, 0.29) is 41.8 Å². The summed E-state index contributed by atoms with van der Waals surface area (Å²) in [6.45, 7) is 3.48. The number of sulfonamides is 1. The highest BCUT2D eigenvalue weighted by atomic mass is 32.2. The highest BCUT2D eigenvalue weighted by Gasteiger charge is 2.35. The lowest BCUT2D eigenvalue weighted by Gasteiger charge is -2.34. The van der Waals surface area contributed by atoms with E-state index in [2.05, 4.69) is 5.32 Å². The first-order valence-electron chi connectivity index (χ1n) is 15.5. The number of halogens is 1. The first-order chi connectivity index (χ1) is 22.7. The number of carbonyl (C=O) groups is 2. The van der Waals surface area contributed by atoms with Gasteiger partial charge in [0.25, 0.3) is 10.0 Å². The monoisotopic (exact) mass is 659 g/mol. The average Bonchev–Trinajstić information content (AvgIpc) is 3.09. The number of amides is 2. The number of hydrogen-bond donors (Lipinski definition) is 1. The van der Waals surface area contributed by atoms with E-state index in [9.17, 15) is 18.0 Å². The zero-order chi connectivity index (χ0) is 33.4. The van der Waals surface area contributed by atoms with Crippen LogP contribution in [0.15, 0.2) is 108 Å². The Bertz CT molecular complexity index is 1790. The van der Waals surface area contributed by atoms with Crippen LogP contribution in [-0.4, -0.2) is 57.0 Å². The molecule has 0 spiro atoms. The number of nitrogens with one attached hydrogen (secondary N) is 1. The smallest absolute Gasteiger partial charge is 0.264 e. The predicted octanol–water partition coefficient (Wildman–Crippen LogP) is 5.35. The lowest BCUT2D eigenvalue weighted by molar-refractivity contribution is -0.140. The van der Waals surface area contributed by atoms with Crippen LogP contribution in [0.3, 0.4) is 0 Å². The molecular formula is C36H38FN3O6S. The molecule has 1 heterocycles. The van der Waals surface area contributed by atoms with Crippen LogP contribution >= 0.6 is 0 Å². The third-order valence-electron chi connectivity index (χ3n) is 7.99. The Morgan fingerprint density at radius 2 is 1.51 bits per heavy atom. The second kappa shape index (κ2) is 15.1. The van der Waals surface area contributed by atoms with Crippen LogP contribution in [0.4, 0.5) is 10.1 Å². The molecule has 0 saturated carbocycles. The van der Waals surface area contributed by atoms with E-state index in [1.165, 1.54) is 35.2 Å². The maximum absolute atomic E-state index is 15.1. The van der Waals surface area contributed by atoms with E-state index in [4.69, 9.17) is 9.47 Å². The third kappa shape index (κ3) is 8.10. The average molecular weight is 660 g/mol. The Labute approximate surface area is 275 Å². The molecule has 0 bridgehead atoms. The maximum Gasteiger partial charge on any atom is 0.264 e. The Morgan fingerprint density at radius 1 is 0.872 bits per heavy atom. The van der Waals surface area contributed by atoms with Gasteiger partial charge in [-0.25, -0.2) is 12.8 Å². The first-order valence-corrected chi connectivity index (χ1v) is 17.0. The summed E-state index contributed by atoms with van der Waals surface area (Å²) in [5.41, 5.74) is 1.14. The van der Waals surface area contributed by atoms with Gasteiger partial charge in [-0.3, -0.25) is 13.9 Å². The largest absolute Gasteiger partial charge is 0.486 e. The summed E-state index contributed by atoms with van der Waals surface area (Å²) in [6, 6.07) is 26.3. The molecule has 1 aliphatic heterocycles. The molecule has 0 fully saturated rings. The predicted molar refractivity (Wildman–Crippen MR) is 177 cm³/mol. The first kappa shape index (κ1) is 33.5. The van der Waals surface area contributed by atoms with Crippen LogP contribution in [0.1, 0.15) is 31.4 Å². The minimum absolute atomic E-state index is 0.0290. The Hall–Kier alpha value is -4.90. The molecule has 5 rings (SSSR count). The number of ether oxygens (including phenoxy) is 2. The summed E-state index contributed by atoms with van der Waals surface area (Å²) in [5.74, 6) is -0.874. The van der Waals surface area contributed by atoms with E-state index in [1.807, 2.05) is 44.2 Å². The van der Waals surface area contributed by atoms with Gasteiger partial charge >= 0.3 is 0 Å². The maximum atomic E-state index is 15.1. The van der Waals surface area contributed by atoms with Crippen LogP contribution < -0.4 is 19.1 Å². The molecule has 0 saturated heterocycles. The summed E-state index contributed by atoms with van der Waals surface area (Å²) in [4.78, 5) is 29.7. The van der Waals surface area contributed by atoms with Gasteiger partial charge in [0.05, 0.1) is 10.6 Å². The molecule has 1 aliphatic rings. The van der Waals surface area contributed by atoms with Crippen molar-refractivity contribution >= 4 is 27.5 Å². The van der Waals surface area contributed by atoms with Crippen LogP contribution in [0.5, 0.6) is 11.5 Å². The second-order valence-corrected chi connectivity index (χ2v) is 13.2. The van der Waals surface area contributed by atoms with Gasteiger partial charge < -0.3 is 19.7 Å². The second-order valence-electron chi connectivity index (χ2n) is 11.3. The van der Waals surface area contributed by atoms with Crippen molar-refractivity contribution in [2.45, 2.75) is 50.2 Å². The normalized spacial score (nSPS) is 13.7. The van der Waals surface area contributed by atoms with Gasteiger partial charge in [0.15, 0.2) is 11.5 Å². The van der Waals surface area contributed by atoms with Crippen molar-refractivity contribution in [2.75, 3.05) is 24.1 Å².